The van der Waals surface area contributed by atoms with Gasteiger partial charge in [-0.25, -0.2) is 0 Å². The van der Waals surface area contributed by atoms with Crippen molar-refractivity contribution in [1.82, 2.24) is 5.32 Å². The van der Waals surface area contributed by atoms with Gasteiger partial charge in [-0.15, -0.1) is 6.58 Å². The maximum Gasteiger partial charge on any atom is 0.0485 e. The lowest BCUT2D eigenvalue weighted by molar-refractivity contribution is 0.645. The van der Waals surface area contributed by atoms with Crippen molar-refractivity contribution in [2.24, 2.45) is 0 Å². The largest absolute Gasteiger partial charge is 0.379 e. The van der Waals surface area contributed by atoms with E-state index in [2.05, 4.69) is 106 Å². The van der Waals surface area contributed by atoms with Gasteiger partial charge in [-0.3, -0.25) is 0 Å². The summed E-state index contributed by atoms with van der Waals surface area (Å²) in [4.78, 5) is 0. The van der Waals surface area contributed by atoms with Crippen molar-refractivity contribution >= 4 is 0 Å². The summed E-state index contributed by atoms with van der Waals surface area (Å²) in [6.07, 6.45) is 14.1. The van der Waals surface area contributed by atoms with E-state index in [0.717, 1.165) is 19.3 Å². The molecular formula is C28H33N. The molecule has 1 heteroatoms. The molecule has 0 amide bonds. The maximum atomic E-state index is 3.89. The first-order valence-corrected chi connectivity index (χ1v) is 10.7. The minimum absolute atomic E-state index is 0.236. The van der Waals surface area contributed by atoms with Gasteiger partial charge < -0.3 is 5.32 Å². The molecule has 2 atom stereocenters. The van der Waals surface area contributed by atoms with Crippen molar-refractivity contribution in [2.45, 2.75) is 52.0 Å². The Morgan fingerprint density at radius 3 is 2.59 bits per heavy atom. The SMILES string of the molecule is C=CCc1cc(C)cc(C(C)N/C(=C\C(C)c2ccccc2)C2=CC=CCC2)c1. The second kappa shape index (κ2) is 10.1. The molecule has 0 fully saturated rings. The predicted octanol–water partition coefficient (Wildman–Crippen LogP) is 7.34. The van der Waals surface area contributed by atoms with Crippen molar-refractivity contribution in [3.8, 4) is 0 Å². The molecule has 1 nitrogen and oxygen atoms in total. The second-order valence-electron chi connectivity index (χ2n) is 8.05. The molecule has 0 saturated heterocycles. The molecule has 1 N–H and O–H groups in total. The Hall–Kier alpha value is -2.80. The molecule has 0 spiro atoms. The molecule has 0 radical (unpaired) electrons. The second-order valence-corrected chi connectivity index (χ2v) is 8.05. The lowest BCUT2D eigenvalue weighted by Crippen LogP contribution is -2.21. The Bertz CT molecular complexity index is 915. The zero-order chi connectivity index (χ0) is 20.6. The molecule has 3 rings (SSSR count). The van der Waals surface area contributed by atoms with Crippen molar-refractivity contribution in [2.75, 3.05) is 0 Å². The Morgan fingerprint density at radius 1 is 1.10 bits per heavy atom. The van der Waals surface area contributed by atoms with Crippen LogP contribution < -0.4 is 5.32 Å². The molecule has 2 aromatic carbocycles. The number of hydrogen-bond acceptors (Lipinski definition) is 1. The highest BCUT2D eigenvalue weighted by Crippen LogP contribution is 2.27. The average molecular weight is 384 g/mol. The summed E-state index contributed by atoms with van der Waals surface area (Å²) in [5, 5.41) is 3.83. The molecule has 0 aliphatic heterocycles. The fraction of sp³-hybridized carbons (Fsp3) is 0.286. The van der Waals surface area contributed by atoms with Crippen LogP contribution in [0.5, 0.6) is 0 Å². The van der Waals surface area contributed by atoms with E-state index >= 15 is 0 Å². The van der Waals surface area contributed by atoms with Gasteiger partial charge in [0.05, 0.1) is 0 Å². The zero-order valence-corrected chi connectivity index (χ0v) is 18.0. The number of benzene rings is 2. The summed E-state index contributed by atoms with van der Waals surface area (Å²) >= 11 is 0. The summed E-state index contributed by atoms with van der Waals surface area (Å²) in [5.74, 6) is 0.353. The van der Waals surface area contributed by atoms with Crippen molar-refractivity contribution < 1.29 is 0 Å². The van der Waals surface area contributed by atoms with Gasteiger partial charge >= 0.3 is 0 Å². The first-order chi connectivity index (χ1) is 14.1. The van der Waals surface area contributed by atoms with Crippen LogP contribution in [0.25, 0.3) is 0 Å². The van der Waals surface area contributed by atoms with Gasteiger partial charge in [0.15, 0.2) is 0 Å². The number of rotatable bonds is 8. The first-order valence-electron chi connectivity index (χ1n) is 10.7. The topological polar surface area (TPSA) is 12.0 Å². The number of aryl methyl sites for hydroxylation is 1. The maximum absolute atomic E-state index is 3.89. The van der Waals surface area contributed by atoms with E-state index in [0.29, 0.717) is 5.92 Å². The van der Waals surface area contributed by atoms with Crippen LogP contribution in [0.4, 0.5) is 0 Å². The predicted molar refractivity (Wildman–Crippen MR) is 126 cm³/mol. The van der Waals surface area contributed by atoms with E-state index in [4.69, 9.17) is 0 Å². The van der Waals surface area contributed by atoms with E-state index in [1.807, 2.05) is 6.08 Å². The van der Waals surface area contributed by atoms with Gasteiger partial charge in [-0.2, -0.15) is 0 Å². The Labute approximate surface area is 176 Å². The molecule has 150 valence electrons. The van der Waals surface area contributed by atoms with Crippen LogP contribution in [0.15, 0.2) is 96.8 Å². The van der Waals surface area contributed by atoms with Crippen LogP contribution in [0.3, 0.4) is 0 Å². The Kier molecular flexibility index (Phi) is 7.30. The minimum Gasteiger partial charge on any atom is -0.379 e. The lowest BCUT2D eigenvalue weighted by Gasteiger charge is -2.24. The van der Waals surface area contributed by atoms with Gasteiger partial charge in [0.2, 0.25) is 0 Å². The molecule has 0 bridgehead atoms. The molecule has 1 aliphatic carbocycles. The third kappa shape index (κ3) is 5.84. The van der Waals surface area contributed by atoms with E-state index in [-0.39, 0.29) is 6.04 Å². The van der Waals surface area contributed by atoms with Gasteiger partial charge in [-0.05, 0) is 55.4 Å². The average Bonchev–Trinajstić information content (AvgIpc) is 2.74. The Balaban J connectivity index is 1.89. The van der Waals surface area contributed by atoms with E-state index in [9.17, 15) is 0 Å². The van der Waals surface area contributed by atoms with Crippen LogP contribution in [0, 0.1) is 6.92 Å². The molecule has 0 heterocycles. The van der Waals surface area contributed by atoms with Crippen LogP contribution in [-0.4, -0.2) is 0 Å². The highest BCUT2D eigenvalue weighted by molar-refractivity contribution is 5.40. The third-order valence-corrected chi connectivity index (χ3v) is 5.51. The Morgan fingerprint density at radius 2 is 1.90 bits per heavy atom. The standard InChI is InChI=1S/C28H33N/c1-5-12-24-17-21(2)18-27(20-24)23(4)29-28(26-15-10-7-11-16-26)19-22(3)25-13-8-6-9-14-25/h5-10,13-15,17-20,22-23,29H,1,11-12,16H2,2-4H3/b28-19-. The minimum atomic E-state index is 0.236. The smallest absolute Gasteiger partial charge is 0.0485 e. The molecule has 2 unspecified atom stereocenters. The van der Waals surface area contributed by atoms with Crippen LogP contribution in [-0.2, 0) is 6.42 Å². The van der Waals surface area contributed by atoms with Crippen molar-refractivity contribution in [1.29, 1.82) is 0 Å². The van der Waals surface area contributed by atoms with Gasteiger partial charge in [0.1, 0.15) is 0 Å². The molecule has 1 aliphatic rings. The van der Waals surface area contributed by atoms with Gasteiger partial charge in [0.25, 0.3) is 0 Å². The number of hydrogen-bond donors (Lipinski definition) is 1. The summed E-state index contributed by atoms with van der Waals surface area (Å²) < 4.78 is 0. The van der Waals surface area contributed by atoms with Gasteiger partial charge in [0, 0.05) is 17.7 Å². The first kappa shape index (κ1) is 20.9. The third-order valence-electron chi connectivity index (χ3n) is 5.51. The molecular weight excluding hydrogens is 350 g/mol. The quantitative estimate of drug-likeness (QED) is 0.470. The highest BCUT2D eigenvalue weighted by atomic mass is 14.9. The zero-order valence-electron chi connectivity index (χ0n) is 18.0. The molecule has 0 saturated carbocycles. The van der Waals surface area contributed by atoms with Crippen molar-refractivity contribution in [3.63, 3.8) is 0 Å². The van der Waals surface area contributed by atoms with E-state index in [1.54, 1.807) is 0 Å². The molecule has 0 aromatic heterocycles. The molecule has 29 heavy (non-hydrogen) atoms. The summed E-state index contributed by atoms with van der Waals surface area (Å²) in [7, 11) is 0. The lowest BCUT2D eigenvalue weighted by atomic mass is 9.94. The summed E-state index contributed by atoms with van der Waals surface area (Å²) in [6.45, 7) is 10.6. The number of allylic oxidation sites excluding steroid dienone is 6. The summed E-state index contributed by atoms with van der Waals surface area (Å²) in [5.41, 5.74) is 7.94. The fourth-order valence-corrected chi connectivity index (χ4v) is 3.92. The van der Waals surface area contributed by atoms with E-state index in [1.165, 1.54) is 33.5 Å². The summed E-state index contributed by atoms with van der Waals surface area (Å²) in [6, 6.07) is 17.8. The van der Waals surface area contributed by atoms with E-state index < -0.39 is 0 Å². The number of nitrogens with one attached hydrogen (secondary N) is 1. The molecule has 2 aromatic rings. The van der Waals surface area contributed by atoms with Crippen LogP contribution >= 0.6 is 0 Å². The van der Waals surface area contributed by atoms with Crippen molar-refractivity contribution in [3.05, 3.63) is 119 Å². The monoisotopic (exact) mass is 383 g/mol. The van der Waals surface area contributed by atoms with Crippen LogP contribution in [0.2, 0.25) is 0 Å². The highest BCUT2D eigenvalue weighted by Gasteiger charge is 2.14. The normalized spacial score (nSPS) is 16.1. The van der Waals surface area contributed by atoms with Gasteiger partial charge in [-0.1, -0.05) is 91.4 Å². The van der Waals surface area contributed by atoms with Crippen LogP contribution in [0.1, 0.15) is 60.9 Å². The fourth-order valence-electron chi connectivity index (χ4n) is 3.92.